The fourth-order valence-electron chi connectivity index (χ4n) is 5.82. The van der Waals surface area contributed by atoms with Crippen LogP contribution in [0.15, 0.2) is 54.9 Å². The van der Waals surface area contributed by atoms with Gasteiger partial charge in [0, 0.05) is 30.6 Å². The minimum Gasteiger partial charge on any atom is -0.492 e. The summed E-state index contributed by atoms with van der Waals surface area (Å²) in [4.78, 5) is 16.2. The maximum Gasteiger partial charge on any atom is 0.245 e. The molecule has 0 amide bonds. The first-order chi connectivity index (χ1) is 19.2. The van der Waals surface area contributed by atoms with Crippen molar-refractivity contribution in [2.75, 3.05) is 37.7 Å². The number of halogens is 1. The number of ether oxygens (including phenoxy) is 2. The number of aromatic nitrogens is 4. The summed E-state index contributed by atoms with van der Waals surface area (Å²) in [6.45, 7) is 5.53. The van der Waals surface area contributed by atoms with Gasteiger partial charge < -0.3 is 14.0 Å². The second-order valence-corrected chi connectivity index (χ2v) is 14.1. The van der Waals surface area contributed by atoms with Crippen LogP contribution in [0.3, 0.4) is 0 Å². The highest BCUT2D eigenvalue weighted by Crippen LogP contribution is 2.42. The average Bonchev–Trinajstić information content (AvgIpc) is 3.50. The van der Waals surface area contributed by atoms with Crippen LogP contribution in [0, 0.1) is 5.41 Å². The Morgan fingerprint density at radius 2 is 1.82 bits per heavy atom. The molecule has 9 nitrogen and oxygen atoms in total. The van der Waals surface area contributed by atoms with Gasteiger partial charge in [0.15, 0.2) is 21.0 Å². The third-order valence-corrected chi connectivity index (χ3v) is 10.4. The lowest BCUT2D eigenvalue weighted by Gasteiger charge is -2.54. The van der Waals surface area contributed by atoms with E-state index in [1.54, 1.807) is 0 Å². The Bertz CT molecular complexity index is 1680. The van der Waals surface area contributed by atoms with E-state index < -0.39 is 9.84 Å². The van der Waals surface area contributed by atoms with E-state index in [0.29, 0.717) is 58.3 Å². The van der Waals surface area contributed by atoms with E-state index in [-0.39, 0.29) is 11.0 Å². The number of benzene rings is 2. The molecule has 1 aliphatic carbocycles. The molecule has 0 bridgehead atoms. The smallest absolute Gasteiger partial charge is 0.245 e. The molecule has 0 N–H and O–H groups in total. The Morgan fingerprint density at radius 1 is 1.05 bits per heavy atom. The first-order valence-electron chi connectivity index (χ1n) is 13.5. The molecule has 3 fully saturated rings. The van der Waals surface area contributed by atoms with E-state index in [1.165, 1.54) is 6.33 Å². The van der Waals surface area contributed by atoms with Gasteiger partial charge in [-0.3, -0.25) is 4.90 Å². The summed E-state index contributed by atoms with van der Waals surface area (Å²) in [6, 6.07) is 15.8. The van der Waals surface area contributed by atoms with Crippen molar-refractivity contribution in [1.82, 2.24) is 24.4 Å². The zero-order valence-corrected chi connectivity index (χ0v) is 23.8. The van der Waals surface area contributed by atoms with Crippen LogP contribution >= 0.6 is 11.6 Å². The van der Waals surface area contributed by atoms with Gasteiger partial charge >= 0.3 is 0 Å². The molecule has 11 heteroatoms. The molecular weight excluding hydrogens is 550 g/mol. The minimum atomic E-state index is -2.80. The Labute approximate surface area is 238 Å². The SMILES string of the molecule is CC1(Oc2ncnc3c2nc(-c2ccc(OCCN4CC5(C4)CS(=O)(=O)C5)cc2Cl)n3Cc2ccccc2)CC1. The van der Waals surface area contributed by atoms with Crippen molar-refractivity contribution in [3.8, 4) is 23.0 Å². The largest absolute Gasteiger partial charge is 0.492 e. The number of nitrogens with zero attached hydrogens (tertiary/aromatic N) is 5. The predicted octanol–water partition coefficient (Wildman–Crippen LogP) is 4.24. The number of hydrogen-bond donors (Lipinski definition) is 0. The molecule has 208 valence electrons. The number of imidazole rings is 1. The van der Waals surface area contributed by atoms with Gasteiger partial charge in [-0.15, -0.1) is 0 Å². The number of rotatable bonds is 9. The van der Waals surface area contributed by atoms with Crippen LogP contribution in [0.5, 0.6) is 11.6 Å². The zero-order chi connectivity index (χ0) is 27.5. The highest BCUT2D eigenvalue weighted by Gasteiger charge is 2.55. The highest BCUT2D eigenvalue weighted by molar-refractivity contribution is 7.92. The monoisotopic (exact) mass is 579 g/mol. The third kappa shape index (κ3) is 4.93. The summed E-state index contributed by atoms with van der Waals surface area (Å²) in [5.41, 5.74) is 2.97. The van der Waals surface area contributed by atoms with Crippen molar-refractivity contribution in [1.29, 1.82) is 0 Å². The maximum absolute atomic E-state index is 11.5. The van der Waals surface area contributed by atoms with Crippen molar-refractivity contribution in [3.05, 3.63) is 65.4 Å². The van der Waals surface area contributed by atoms with E-state index in [2.05, 4.69) is 38.5 Å². The Morgan fingerprint density at radius 3 is 2.52 bits per heavy atom. The molecule has 7 rings (SSSR count). The summed E-state index contributed by atoms with van der Waals surface area (Å²) in [5.74, 6) is 2.49. The van der Waals surface area contributed by atoms with Crippen molar-refractivity contribution >= 4 is 32.6 Å². The molecule has 0 atom stereocenters. The second-order valence-electron chi connectivity index (χ2n) is 11.6. The molecule has 2 aromatic heterocycles. The van der Waals surface area contributed by atoms with Gasteiger partial charge in [-0.25, -0.2) is 18.4 Å². The summed E-state index contributed by atoms with van der Waals surface area (Å²) < 4.78 is 37.3. The van der Waals surface area contributed by atoms with Crippen LogP contribution in [-0.2, 0) is 16.4 Å². The molecule has 4 heterocycles. The molecule has 2 saturated heterocycles. The first-order valence-corrected chi connectivity index (χ1v) is 15.7. The van der Waals surface area contributed by atoms with Gasteiger partial charge in [0.25, 0.3) is 0 Å². The lowest BCUT2D eigenvalue weighted by atomic mass is 9.83. The molecule has 3 aliphatic rings. The van der Waals surface area contributed by atoms with E-state index in [9.17, 15) is 8.42 Å². The average molecular weight is 580 g/mol. The Hall–Kier alpha value is -3.21. The summed E-state index contributed by atoms with van der Waals surface area (Å²) in [5, 5.41) is 0.522. The summed E-state index contributed by atoms with van der Waals surface area (Å²) >= 11 is 6.83. The summed E-state index contributed by atoms with van der Waals surface area (Å²) in [6.07, 6.45) is 3.51. The number of fused-ring (bicyclic) bond motifs is 1. The van der Waals surface area contributed by atoms with Crippen LogP contribution in [0.1, 0.15) is 25.3 Å². The number of hydrogen-bond acceptors (Lipinski definition) is 8. The lowest BCUT2D eigenvalue weighted by molar-refractivity contribution is 0.0156. The minimum absolute atomic E-state index is 0.0132. The van der Waals surface area contributed by atoms with Crippen LogP contribution in [-0.4, -0.2) is 76.2 Å². The quantitative estimate of drug-likeness (QED) is 0.290. The van der Waals surface area contributed by atoms with E-state index in [1.807, 2.05) is 36.4 Å². The van der Waals surface area contributed by atoms with Crippen LogP contribution in [0.2, 0.25) is 5.02 Å². The molecular formula is C29H30ClN5O4S. The van der Waals surface area contributed by atoms with E-state index in [4.69, 9.17) is 26.1 Å². The standard InChI is InChI=1S/C29H30ClN5O4S/c1-28(9-10-28)39-27-24-26(31-19-32-27)35(14-20-5-3-2-4-6-20)25(33-24)22-8-7-21(13-23(22)30)38-12-11-34-15-29(16-34)17-40(36,37)18-29/h2-8,13,19H,9-12,14-18H2,1H3. The van der Waals surface area contributed by atoms with Crippen LogP contribution in [0.4, 0.5) is 0 Å². The van der Waals surface area contributed by atoms with E-state index >= 15 is 0 Å². The highest BCUT2D eigenvalue weighted by atomic mass is 35.5. The van der Waals surface area contributed by atoms with Gasteiger partial charge in [-0.1, -0.05) is 41.9 Å². The predicted molar refractivity (Wildman–Crippen MR) is 153 cm³/mol. The van der Waals surface area contributed by atoms with Gasteiger partial charge in [0.2, 0.25) is 5.88 Å². The molecule has 1 spiro atoms. The van der Waals surface area contributed by atoms with Gasteiger partial charge in [0.1, 0.15) is 30.1 Å². The molecule has 1 saturated carbocycles. The van der Waals surface area contributed by atoms with Crippen molar-refractivity contribution < 1.29 is 17.9 Å². The molecule has 2 aliphatic heterocycles. The first kappa shape index (κ1) is 25.7. The van der Waals surface area contributed by atoms with E-state index in [0.717, 1.165) is 43.6 Å². The van der Waals surface area contributed by atoms with Crippen molar-refractivity contribution in [2.24, 2.45) is 5.41 Å². The van der Waals surface area contributed by atoms with Crippen LogP contribution in [0.25, 0.3) is 22.6 Å². The molecule has 40 heavy (non-hydrogen) atoms. The van der Waals surface area contributed by atoms with Gasteiger partial charge in [-0.05, 0) is 43.5 Å². The fourth-order valence-corrected chi connectivity index (χ4v) is 8.22. The normalized spacial score (nSPS) is 20.1. The van der Waals surface area contributed by atoms with Gasteiger partial charge in [0.05, 0.1) is 23.1 Å². The van der Waals surface area contributed by atoms with Crippen LogP contribution < -0.4 is 9.47 Å². The Kier molecular flexibility index (Phi) is 6.07. The third-order valence-electron chi connectivity index (χ3n) is 8.01. The molecule has 0 radical (unpaired) electrons. The number of sulfone groups is 1. The fraction of sp³-hybridized carbons (Fsp3) is 0.414. The number of likely N-dealkylation sites (tertiary alicyclic amines) is 1. The zero-order valence-electron chi connectivity index (χ0n) is 22.2. The maximum atomic E-state index is 11.5. The summed E-state index contributed by atoms with van der Waals surface area (Å²) in [7, 11) is -2.80. The topological polar surface area (TPSA) is 99.4 Å². The molecule has 2 aromatic carbocycles. The van der Waals surface area contributed by atoms with Crippen molar-refractivity contribution in [3.63, 3.8) is 0 Å². The lowest BCUT2D eigenvalue weighted by Crippen LogP contribution is -2.68. The second kappa shape index (κ2) is 9.43. The van der Waals surface area contributed by atoms with Gasteiger partial charge in [-0.2, -0.15) is 4.98 Å². The molecule has 4 aromatic rings. The van der Waals surface area contributed by atoms with Crippen molar-refractivity contribution in [2.45, 2.75) is 31.9 Å². The Balaban J connectivity index is 1.12. The molecule has 0 unspecified atom stereocenters.